The fourth-order valence-corrected chi connectivity index (χ4v) is 0.914. The number of nitrogens with zero attached hydrogens (tertiary/aromatic N) is 1. The van der Waals surface area contributed by atoms with Gasteiger partial charge in [0, 0.05) is 0 Å². The molecule has 0 spiro atoms. The Labute approximate surface area is 96.7 Å². The number of nitrogens with one attached hydrogen (secondary N) is 1. The third-order valence-electron chi connectivity index (χ3n) is 1.69. The molecule has 0 saturated carbocycles. The van der Waals surface area contributed by atoms with Gasteiger partial charge in [0.05, 0.1) is 0 Å². The Hall–Kier alpha value is -2.32. The Balaban J connectivity index is 4.57. The maximum absolute atomic E-state index is 11.5. The van der Waals surface area contributed by atoms with Gasteiger partial charge in [0.1, 0.15) is 19.1 Å². The monoisotopic (exact) mass is 246 g/mol. The summed E-state index contributed by atoms with van der Waals surface area (Å²) >= 11 is 0. The van der Waals surface area contributed by atoms with Gasteiger partial charge in [-0.2, -0.15) is 0 Å². The number of carbonyl (C=O) groups is 4. The number of aliphatic carboxylic acids is 1. The lowest BCUT2D eigenvalue weighted by Crippen LogP contribution is -2.51. The smallest absolute Gasteiger partial charge is 0.325 e. The number of hydrogen-bond donors (Lipinski definition) is 4. The number of carboxylic acids is 1. The first kappa shape index (κ1) is 14.7. The summed E-state index contributed by atoms with van der Waals surface area (Å²) in [5.74, 6) is -2.94. The standard InChI is InChI=1S/C8H14N4O5/c1-4(7(15)16)11-8(17)12(2-5(9)13)3-6(10)14/h4H,2-3H2,1H3,(H2,9,13)(H2,10,14)(H,11,17)(H,15,16)/t4-/m1/s1. The van der Waals surface area contributed by atoms with Crippen LogP contribution < -0.4 is 16.8 Å². The van der Waals surface area contributed by atoms with Crippen molar-refractivity contribution >= 4 is 23.8 Å². The van der Waals surface area contributed by atoms with Gasteiger partial charge in [0.2, 0.25) is 11.8 Å². The molecule has 6 N–H and O–H groups in total. The zero-order valence-electron chi connectivity index (χ0n) is 9.17. The third-order valence-corrected chi connectivity index (χ3v) is 1.69. The predicted molar refractivity (Wildman–Crippen MR) is 55.6 cm³/mol. The topological polar surface area (TPSA) is 156 Å². The molecule has 0 saturated heterocycles. The molecule has 9 heteroatoms. The molecule has 0 fully saturated rings. The molecular weight excluding hydrogens is 232 g/mol. The van der Waals surface area contributed by atoms with Crippen LogP contribution in [0.3, 0.4) is 0 Å². The second-order valence-corrected chi connectivity index (χ2v) is 3.30. The Morgan fingerprint density at radius 2 is 1.59 bits per heavy atom. The van der Waals surface area contributed by atoms with Crippen LogP contribution in [0.4, 0.5) is 4.79 Å². The van der Waals surface area contributed by atoms with Crippen molar-refractivity contribution in [3.8, 4) is 0 Å². The van der Waals surface area contributed by atoms with Crippen LogP contribution in [-0.2, 0) is 14.4 Å². The third kappa shape index (κ3) is 5.97. The van der Waals surface area contributed by atoms with Gasteiger partial charge < -0.3 is 26.8 Å². The molecule has 0 aromatic carbocycles. The van der Waals surface area contributed by atoms with E-state index in [4.69, 9.17) is 16.6 Å². The van der Waals surface area contributed by atoms with E-state index in [1.165, 1.54) is 6.92 Å². The van der Waals surface area contributed by atoms with Crippen LogP contribution in [0, 0.1) is 0 Å². The van der Waals surface area contributed by atoms with E-state index in [0.29, 0.717) is 0 Å². The molecule has 0 aliphatic carbocycles. The fourth-order valence-electron chi connectivity index (χ4n) is 0.914. The van der Waals surface area contributed by atoms with Gasteiger partial charge in [-0.15, -0.1) is 0 Å². The lowest BCUT2D eigenvalue weighted by molar-refractivity contribution is -0.138. The summed E-state index contributed by atoms with van der Waals surface area (Å²) in [6.07, 6.45) is 0. The molecule has 17 heavy (non-hydrogen) atoms. The van der Waals surface area contributed by atoms with E-state index in [0.717, 1.165) is 4.90 Å². The van der Waals surface area contributed by atoms with E-state index >= 15 is 0 Å². The number of amides is 4. The van der Waals surface area contributed by atoms with Gasteiger partial charge in [0.25, 0.3) is 0 Å². The number of rotatable bonds is 6. The van der Waals surface area contributed by atoms with E-state index in [1.807, 2.05) is 0 Å². The highest BCUT2D eigenvalue weighted by Gasteiger charge is 2.21. The van der Waals surface area contributed by atoms with Gasteiger partial charge >= 0.3 is 12.0 Å². The molecule has 0 radical (unpaired) electrons. The largest absolute Gasteiger partial charge is 0.480 e. The van der Waals surface area contributed by atoms with Crippen LogP contribution >= 0.6 is 0 Å². The first-order chi connectivity index (χ1) is 7.73. The van der Waals surface area contributed by atoms with Crippen molar-refractivity contribution in [2.45, 2.75) is 13.0 Å². The Morgan fingerprint density at radius 1 is 1.18 bits per heavy atom. The average Bonchev–Trinajstić information content (AvgIpc) is 2.14. The summed E-state index contributed by atoms with van der Waals surface area (Å²) in [7, 11) is 0. The van der Waals surface area contributed by atoms with Gasteiger partial charge in [-0.05, 0) is 6.92 Å². The summed E-state index contributed by atoms with van der Waals surface area (Å²) in [6.45, 7) is 0.176. The van der Waals surface area contributed by atoms with Crippen molar-refractivity contribution in [3.05, 3.63) is 0 Å². The highest BCUT2D eigenvalue weighted by Crippen LogP contribution is 1.91. The average molecular weight is 246 g/mol. The fraction of sp³-hybridized carbons (Fsp3) is 0.500. The first-order valence-corrected chi connectivity index (χ1v) is 4.59. The quantitative estimate of drug-likeness (QED) is 0.405. The van der Waals surface area contributed by atoms with Crippen LogP contribution in [0.15, 0.2) is 0 Å². The highest BCUT2D eigenvalue weighted by molar-refractivity contribution is 5.89. The SMILES string of the molecule is C[C@@H](NC(=O)N(CC(N)=O)CC(N)=O)C(=O)O. The molecule has 0 aromatic heterocycles. The predicted octanol–water partition coefficient (Wildman–Crippen LogP) is -2.56. The molecule has 4 amide bonds. The van der Waals surface area contributed by atoms with Crippen LogP contribution in [0.1, 0.15) is 6.92 Å². The molecule has 0 aromatic rings. The van der Waals surface area contributed by atoms with E-state index < -0.39 is 42.9 Å². The van der Waals surface area contributed by atoms with Crippen molar-refractivity contribution in [1.29, 1.82) is 0 Å². The second kappa shape index (κ2) is 6.30. The summed E-state index contributed by atoms with van der Waals surface area (Å²) in [5, 5.41) is 10.6. The maximum Gasteiger partial charge on any atom is 0.325 e. The van der Waals surface area contributed by atoms with Crippen molar-refractivity contribution in [2.75, 3.05) is 13.1 Å². The second-order valence-electron chi connectivity index (χ2n) is 3.30. The van der Waals surface area contributed by atoms with Crippen molar-refractivity contribution in [2.24, 2.45) is 11.5 Å². The number of urea groups is 1. The Kier molecular flexibility index (Phi) is 5.44. The lowest BCUT2D eigenvalue weighted by Gasteiger charge is -2.21. The highest BCUT2D eigenvalue weighted by atomic mass is 16.4. The zero-order valence-corrected chi connectivity index (χ0v) is 9.17. The van der Waals surface area contributed by atoms with E-state index in [1.54, 1.807) is 0 Å². The molecule has 0 unspecified atom stereocenters. The minimum absolute atomic E-state index is 0.527. The molecule has 0 aliphatic rings. The molecule has 0 heterocycles. The number of nitrogens with two attached hydrogens (primary N) is 2. The first-order valence-electron chi connectivity index (χ1n) is 4.59. The number of carbonyl (C=O) groups excluding carboxylic acids is 3. The molecule has 0 bridgehead atoms. The van der Waals surface area contributed by atoms with Crippen molar-refractivity contribution in [3.63, 3.8) is 0 Å². The van der Waals surface area contributed by atoms with E-state index in [9.17, 15) is 19.2 Å². The summed E-state index contributed by atoms with van der Waals surface area (Å²) in [5.41, 5.74) is 9.74. The molecule has 9 nitrogen and oxygen atoms in total. The van der Waals surface area contributed by atoms with Gasteiger partial charge in [-0.3, -0.25) is 14.4 Å². The van der Waals surface area contributed by atoms with Crippen LogP contribution in [-0.4, -0.2) is 53.0 Å². The summed E-state index contributed by atoms with van der Waals surface area (Å²) in [6, 6.07) is -2.07. The molecular formula is C8H14N4O5. The van der Waals surface area contributed by atoms with Gasteiger partial charge in [-0.25, -0.2) is 4.79 Å². The lowest BCUT2D eigenvalue weighted by atomic mass is 10.3. The zero-order chi connectivity index (χ0) is 13.6. The minimum atomic E-state index is -1.25. The molecule has 0 aliphatic heterocycles. The normalized spacial score (nSPS) is 11.4. The number of carboxylic acid groups (broad SMARTS) is 1. The van der Waals surface area contributed by atoms with Crippen molar-refractivity contribution < 1.29 is 24.3 Å². The number of hydrogen-bond acceptors (Lipinski definition) is 4. The Bertz CT molecular complexity index is 327. The molecule has 1 atom stereocenters. The van der Waals surface area contributed by atoms with Gasteiger partial charge in [0.15, 0.2) is 0 Å². The Morgan fingerprint density at radius 3 is 1.88 bits per heavy atom. The van der Waals surface area contributed by atoms with Crippen LogP contribution in [0.5, 0.6) is 0 Å². The maximum atomic E-state index is 11.5. The van der Waals surface area contributed by atoms with Gasteiger partial charge in [-0.1, -0.05) is 0 Å². The van der Waals surface area contributed by atoms with E-state index in [-0.39, 0.29) is 0 Å². The molecule has 0 rings (SSSR count). The number of primary amides is 2. The van der Waals surface area contributed by atoms with Crippen LogP contribution in [0.2, 0.25) is 0 Å². The van der Waals surface area contributed by atoms with Crippen molar-refractivity contribution in [1.82, 2.24) is 10.2 Å². The molecule has 96 valence electrons. The minimum Gasteiger partial charge on any atom is -0.480 e. The van der Waals surface area contributed by atoms with E-state index in [2.05, 4.69) is 5.32 Å². The summed E-state index contributed by atoms with van der Waals surface area (Å²) < 4.78 is 0. The van der Waals surface area contributed by atoms with Crippen LogP contribution in [0.25, 0.3) is 0 Å². The summed E-state index contributed by atoms with van der Waals surface area (Å²) in [4.78, 5) is 44.0.